The summed E-state index contributed by atoms with van der Waals surface area (Å²) in [5, 5.41) is 13.1. The summed E-state index contributed by atoms with van der Waals surface area (Å²) in [6.45, 7) is 10.7. The van der Waals surface area contributed by atoms with E-state index in [-0.39, 0.29) is 28.3 Å². The van der Waals surface area contributed by atoms with Crippen LogP contribution in [0.1, 0.15) is 41.0 Å². The first-order valence-electron chi connectivity index (χ1n) is 12.4. The van der Waals surface area contributed by atoms with Crippen molar-refractivity contribution in [1.29, 1.82) is 0 Å². The van der Waals surface area contributed by atoms with Crippen molar-refractivity contribution in [3.8, 4) is 0 Å². The second-order valence-electron chi connectivity index (χ2n) is 10.8. The zero-order valence-electron chi connectivity index (χ0n) is 21.9. The molecule has 1 saturated heterocycles. The van der Waals surface area contributed by atoms with Crippen LogP contribution in [0.4, 0.5) is 5.69 Å². The highest BCUT2D eigenvalue weighted by atomic mass is 32.2. The maximum Gasteiger partial charge on any atom is 0.269 e. The van der Waals surface area contributed by atoms with E-state index in [4.69, 9.17) is 4.43 Å². The van der Waals surface area contributed by atoms with Gasteiger partial charge in [-0.2, -0.15) is 4.31 Å². The molecule has 9 heteroatoms. The van der Waals surface area contributed by atoms with Crippen LogP contribution in [0.2, 0.25) is 5.04 Å². The maximum atomic E-state index is 13.6. The van der Waals surface area contributed by atoms with Crippen LogP contribution in [0.15, 0.2) is 89.8 Å². The van der Waals surface area contributed by atoms with Gasteiger partial charge < -0.3 is 4.43 Å². The molecule has 7 nitrogen and oxygen atoms in total. The smallest absolute Gasteiger partial charge is 0.269 e. The van der Waals surface area contributed by atoms with Gasteiger partial charge in [-0.15, -0.1) is 0 Å². The quantitative estimate of drug-likeness (QED) is 0.170. The predicted octanol–water partition coefficient (Wildman–Crippen LogP) is 4.71. The number of rotatable bonds is 9. The summed E-state index contributed by atoms with van der Waals surface area (Å²) in [6, 6.07) is 25.2. The SMILES string of the molecule is CC[C@@]1(C)[C@@H](CO[Si](c2ccccc2)(c2ccccc2)C(C)(C)C)N1S(=O)(=O)c1ccc([N+](=O)[O-])cc1. The molecule has 0 amide bonds. The molecule has 0 saturated carbocycles. The normalized spacial score (nSPS) is 22.0. The van der Waals surface area contributed by atoms with Crippen molar-refractivity contribution >= 4 is 34.4 Å². The van der Waals surface area contributed by atoms with Crippen molar-refractivity contribution in [1.82, 2.24) is 4.31 Å². The molecular formula is C28H34N2O5SSi. The average Bonchev–Trinajstić information content (AvgIpc) is 3.50. The molecule has 3 aromatic carbocycles. The van der Waals surface area contributed by atoms with Crippen LogP contribution in [0.5, 0.6) is 0 Å². The van der Waals surface area contributed by atoms with Crippen molar-refractivity contribution in [3.63, 3.8) is 0 Å². The molecule has 4 rings (SSSR count). The fraction of sp³-hybridized carbons (Fsp3) is 0.357. The Labute approximate surface area is 220 Å². The van der Waals surface area contributed by atoms with Gasteiger partial charge in [0.25, 0.3) is 14.0 Å². The number of hydrogen-bond acceptors (Lipinski definition) is 5. The van der Waals surface area contributed by atoms with E-state index in [9.17, 15) is 18.5 Å². The Bertz CT molecular complexity index is 1320. The fourth-order valence-corrected chi connectivity index (χ4v) is 12.0. The minimum atomic E-state index is -3.86. The lowest BCUT2D eigenvalue weighted by Crippen LogP contribution is -2.67. The zero-order chi connectivity index (χ0) is 27.1. The highest BCUT2D eigenvalue weighted by Gasteiger charge is 2.65. The number of sulfonamides is 1. The molecule has 37 heavy (non-hydrogen) atoms. The van der Waals surface area contributed by atoms with E-state index in [1.165, 1.54) is 28.6 Å². The van der Waals surface area contributed by atoms with E-state index in [0.29, 0.717) is 6.42 Å². The second-order valence-corrected chi connectivity index (χ2v) is 16.9. The summed E-state index contributed by atoms with van der Waals surface area (Å²) < 4.78 is 35.8. The molecule has 3 atom stereocenters. The molecule has 0 radical (unpaired) electrons. The van der Waals surface area contributed by atoms with Gasteiger partial charge in [0.2, 0.25) is 10.0 Å². The number of hydrogen-bond donors (Lipinski definition) is 0. The zero-order valence-corrected chi connectivity index (χ0v) is 23.7. The summed E-state index contributed by atoms with van der Waals surface area (Å²) in [5.74, 6) is 0. The minimum Gasteiger partial charge on any atom is -0.406 e. The molecule has 0 N–H and O–H groups in total. The number of benzene rings is 3. The van der Waals surface area contributed by atoms with Gasteiger partial charge in [-0.1, -0.05) is 88.4 Å². The summed E-state index contributed by atoms with van der Waals surface area (Å²) in [7, 11) is -6.70. The third kappa shape index (κ3) is 4.65. The molecule has 196 valence electrons. The van der Waals surface area contributed by atoms with Crippen molar-refractivity contribution in [3.05, 3.63) is 95.0 Å². The van der Waals surface area contributed by atoms with Gasteiger partial charge in [0.1, 0.15) is 0 Å². The first kappa shape index (κ1) is 27.2. The van der Waals surface area contributed by atoms with E-state index in [1.54, 1.807) is 0 Å². The molecule has 3 aromatic rings. The molecule has 1 fully saturated rings. The van der Waals surface area contributed by atoms with Crippen LogP contribution < -0.4 is 10.4 Å². The largest absolute Gasteiger partial charge is 0.406 e. The van der Waals surface area contributed by atoms with E-state index in [2.05, 4.69) is 45.0 Å². The van der Waals surface area contributed by atoms with E-state index in [1.807, 2.05) is 50.2 Å². The Balaban J connectivity index is 1.71. The Morgan fingerprint density at radius 3 is 1.84 bits per heavy atom. The lowest BCUT2D eigenvalue weighted by atomic mass is 10.1. The molecule has 0 bridgehead atoms. The third-order valence-corrected chi connectivity index (χ3v) is 14.7. The molecule has 1 heterocycles. The van der Waals surface area contributed by atoms with E-state index < -0.39 is 28.8 Å². The molecule has 1 unspecified atom stereocenters. The van der Waals surface area contributed by atoms with Gasteiger partial charge >= 0.3 is 0 Å². The lowest BCUT2D eigenvalue weighted by Gasteiger charge is -2.43. The minimum absolute atomic E-state index is 0.0470. The highest BCUT2D eigenvalue weighted by Crippen LogP contribution is 2.49. The van der Waals surface area contributed by atoms with Gasteiger partial charge in [-0.05, 0) is 40.9 Å². The van der Waals surface area contributed by atoms with Gasteiger partial charge in [0.05, 0.1) is 28.0 Å². The summed E-state index contributed by atoms with van der Waals surface area (Å²) in [5.41, 5.74) is -0.749. The van der Waals surface area contributed by atoms with Gasteiger partial charge in [-0.25, -0.2) is 8.42 Å². The van der Waals surface area contributed by atoms with Crippen molar-refractivity contribution in [2.75, 3.05) is 6.61 Å². The van der Waals surface area contributed by atoms with Crippen LogP contribution in [0, 0.1) is 10.1 Å². The Morgan fingerprint density at radius 1 is 0.946 bits per heavy atom. The van der Waals surface area contributed by atoms with Crippen LogP contribution in [-0.4, -0.2) is 44.2 Å². The maximum absolute atomic E-state index is 13.6. The summed E-state index contributed by atoms with van der Waals surface area (Å²) in [4.78, 5) is 10.5. The molecule has 1 aliphatic rings. The summed E-state index contributed by atoms with van der Waals surface area (Å²) >= 11 is 0. The van der Waals surface area contributed by atoms with E-state index >= 15 is 0 Å². The third-order valence-electron chi connectivity index (χ3n) is 7.63. The molecule has 0 aromatic heterocycles. The van der Waals surface area contributed by atoms with Gasteiger partial charge in [-0.3, -0.25) is 10.1 Å². The average molecular weight is 539 g/mol. The van der Waals surface area contributed by atoms with Gasteiger partial charge in [0, 0.05) is 12.1 Å². The van der Waals surface area contributed by atoms with Crippen molar-refractivity contribution in [2.24, 2.45) is 0 Å². The summed E-state index contributed by atoms with van der Waals surface area (Å²) in [6.07, 6.45) is 0.619. The Hall–Kier alpha value is -2.85. The first-order valence-corrected chi connectivity index (χ1v) is 15.8. The van der Waals surface area contributed by atoms with Crippen molar-refractivity contribution in [2.45, 2.75) is 62.6 Å². The Kier molecular flexibility index (Phi) is 7.20. The van der Waals surface area contributed by atoms with Crippen LogP contribution in [0.25, 0.3) is 0 Å². The highest BCUT2D eigenvalue weighted by molar-refractivity contribution is 7.89. The Morgan fingerprint density at radius 2 is 1.43 bits per heavy atom. The van der Waals surface area contributed by atoms with Crippen LogP contribution in [0.3, 0.4) is 0 Å². The second kappa shape index (κ2) is 9.79. The number of nitrogens with zero attached hydrogens (tertiary/aromatic N) is 2. The first-order chi connectivity index (χ1) is 17.4. The van der Waals surface area contributed by atoms with Gasteiger partial charge in [0.15, 0.2) is 0 Å². The van der Waals surface area contributed by atoms with Crippen LogP contribution in [-0.2, 0) is 14.4 Å². The lowest BCUT2D eigenvalue weighted by molar-refractivity contribution is -0.384. The van der Waals surface area contributed by atoms with Crippen LogP contribution >= 0.6 is 0 Å². The number of nitro benzene ring substituents is 1. The predicted molar refractivity (Wildman–Crippen MR) is 148 cm³/mol. The topological polar surface area (TPSA) is 89.5 Å². The molecule has 1 aliphatic heterocycles. The standard InChI is InChI=1S/C28H34N2O5SSi/c1-6-28(5)26(29(28)36(33,34)23-19-17-22(18-20-23)30(31)32)21-35-37(27(2,3)4,24-13-9-7-10-14-24)25-15-11-8-12-16-25/h7-20,26H,6,21H2,1-5H3/t26-,28+,29?/m1/s1. The number of non-ortho nitro benzene ring substituents is 1. The monoisotopic (exact) mass is 538 g/mol. The fourth-order valence-electron chi connectivity index (χ4n) is 5.37. The molecule has 0 spiro atoms. The van der Waals surface area contributed by atoms with E-state index in [0.717, 1.165) is 10.4 Å². The molecule has 0 aliphatic carbocycles. The van der Waals surface area contributed by atoms with Crippen molar-refractivity contribution < 1.29 is 17.8 Å². The number of nitro groups is 1. The molecular weight excluding hydrogens is 504 g/mol.